The zero-order valence-corrected chi connectivity index (χ0v) is 17.2. The number of carbonyl (C=O) groups is 2. The van der Waals surface area contributed by atoms with Gasteiger partial charge in [-0.3, -0.25) is 9.59 Å². The third kappa shape index (κ3) is 4.25. The third-order valence-electron chi connectivity index (χ3n) is 4.98. The Bertz CT molecular complexity index is 857. The number of aromatic nitrogens is 1. The molecule has 0 radical (unpaired) electrons. The molecule has 7 nitrogen and oxygen atoms in total. The first-order chi connectivity index (χ1) is 13.2. The number of piperazine rings is 1. The Balaban J connectivity index is 1.70. The number of carbonyl (C=O) groups excluding carboxylic acids is 2. The van der Waals surface area contributed by atoms with Crippen LogP contribution < -0.4 is 5.32 Å². The van der Waals surface area contributed by atoms with E-state index in [0.29, 0.717) is 28.3 Å². The molecule has 1 saturated heterocycles. The van der Waals surface area contributed by atoms with E-state index in [2.05, 4.69) is 22.4 Å². The Morgan fingerprint density at radius 3 is 2.25 bits per heavy atom. The Hall–Kier alpha value is -2.67. The minimum atomic E-state index is -0.302. The quantitative estimate of drug-likeness (QED) is 0.880. The molecule has 1 fully saturated rings. The Kier molecular flexibility index (Phi) is 5.56. The zero-order chi connectivity index (χ0) is 20.5. The van der Waals surface area contributed by atoms with Gasteiger partial charge in [-0.25, -0.2) is 0 Å². The van der Waals surface area contributed by atoms with Gasteiger partial charge in [0.25, 0.3) is 11.8 Å². The Labute approximate surface area is 165 Å². The molecule has 2 heterocycles. The predicted molar refractivity (Wildman–Crippen MR) is 108 cm³/mol. The fraction of sp³-hybridized carbons (Fsp3) is 0.476. The average molecular weight is 384 g/mol. The van der Waals surface area contributed by atoms with Crippen molar-refractivity contribution in [2.75, 3.05) is 38.5 Å². The van der Waals surface area contributed by atoms with Crippen molar-refractivity contribution in [3.05, 3.63) is 46.8 Å². The van der Waals surface area contributed by atoms with E-state index in [0.717, 1.165) is 26.2 Å². The summed E-state index contributed by atoms with van der Waals surface area (Å²) >= 11 is 0. The molecule has 3 rings (SSSR count). The molecule has 1 aliphatic rings. The maximum absolute atomic E-state index is 12.8. The summed E-state index contributed by atoms with van der Waals surface area (Å²) in [6.45, 7) is 10.9. The van der Waals surface area contributed by atoms with Crippen molar-refractivity contribution in [2.24, 2.45) is 0 Å². The van der Waals surface area contributed by atoms with Crippen molar-refractivity contribution in [1.82, 2.24) is 15.0 Å². The van der Waals surface area contributed by atoms with Crippen molar-refractivity contribution in [3.63, 3.8) is 0 Å². The minimum Gasteiger partial charge on any atom is -0.361 e. The van der Waals surface area contributed by atoms with Crippen LogP contribution in [0, 0.1) is 6.92 Å². The summed E-state index contributed by atoms with van der Waals surface area (Å²) in [6, 6.07) is 7.00. The maximum atomic E-state index is 12.8. The average Bonchev–Trinajstić information content (AvgIpc) is 3.04. The number of rotatable bonds is 3. The normalized spacial score (nSPS) is 15.5. The van der Waals surface area contributed by atoms with E-state index in [1.54, 1.807) is 31.2 Å². The highest BCUT2D eigenvalue weighted by Gasteiger charge is 2.29. The van der Waals surface area contributed by atoms with Gasteiger partial charge in [-0.15, -0.1) is 0 Å². The van der Waals surface area contributed by atoms with E-state index >= 15 is 0 Å². The summed E-state index contributed by atoms with van der Waals surface area (Å²) in [4.78, 5) is 29.5. The second kappa shape index (κ2) is 7.75. The molecule has 1 N–H and O–H groups in total. The smallest absolute Gasteiger partial charge is 0.261 e. The molecule has 0 aliphatic carbocycles. The van der Waals surface area contributed by atoms with Gasteiger partial charge in [0, 0.05) is 42.8 Å². The number of likely N-dealkylation sites (N-methyl/N-ethyl adjacent to an activating group) is 1. The number of amides is 2. The second-order valence-electron chi connectivity index (χ2n) is 8.34. The molecule has 2 aromatic rings. The van der Waals surface area contributed by atoms with Crippen molar-refractivity contribution < 1.29 is 14.1 Å². The van der Waals surface area contributed by atoms with Crippen molar-refractivity contribution in [1.29, 1.82) is 0 Å². The van der Waals surface area contributed by atoms with Crippen LogP contribution in [-0.2, 0) is 5.41 Å². The lowest BCUT2D eigenvalue weighted by Crippen LogP contribution is -2.47. The van der Waals surface area contributed by atoms with Gasteiger partial charge in [-0.1, -0.05) is 25.9 Å². The lowest BCUT2D eigenvalue weighted by atomic mass is 9.88. The molecule has 0 saturated carbocycles. The van der Waals surface area contributed by atoms with Gasteiger partial charge in [-0.2, -0.15) is 0 Å². The van der Waals surface area contributed by atoms with Gasteiger partial charge in [-0.05, 0) is 38.2 Å². The number of aryl methyl sites for hydroxylation is 1. The standard InChI is InChI=1S/C21H28N4O3/c1-14-17(18(23-28-14)21(2,3)4)19(26)22-16-8-6-15(7-9-16)20(27)25-12-10-24(5)11-13-25/h6-9H,10-13H2,1-5H3,(H,22,26). The fourth-order valence-electron chi connectivity index (χ4n) is 3.23. The molecule has 2 amide bonds. The van der Waals surface area contributed by atoms with Gasteiger partial charge in [0.2, 0.25) is 0 Å². The van der Waals surface area contributed by atoms with Gasteiger partial charge in [0.05, 0.1) is 0 Å². The molecular weight excluding hydrogens is 356 g/mol. The Morgan fingerprint density at radius 2 is 1.68 bits per heavy atom. The molecule has 7 heteroatoms. The number of benzene rings is 1. The topological polar surface area (TPSA) is 78.7 Å². The number of hydrogen-bond donors (Lipinski definition) is 1. The molecule has 0 spiro atoms. The monoisotopic (exact) mass is 384 g/mol. The Morgan fingerprint density at radius 1 is 1.07 bits per heavy atom. The van der Waals surface area contributed by atoms with Crippen LogP contribution in [-0.4, -0.2) is 60.0 Å². The van der Waals surface area contributed by atoms with Crippen LogP contribution in [0.4, 0.5) is 5.69 Å². The van der Waals surface area contributed by atoms with Crippen LogP contribution in [0.25, 0.3) is 0 Å². The summed E-state index contributed by atoms with van der Waals surface area (Å²) in [5.74, 6) is 0.252. The van der Waals surface area contributed by atoms with E-state index in [1.165, 1.54) is 0 Å². The lowest BCUT2D eigenvalue weighted by molar-refractivity contribution is 0.0664. The van der Waals surface area contributed by atoms with Crippen molar-refractivity contribution >= 4 is 17.5 Å². The molecule has 0 unspecified atom stereocenters. The highest BCUT2D eigenvalue weighted by Crippen LogP contribution is 2.27. The van der Waals surface area contributed by atoms with Gasteiger partial charge < -0.3 is 19.6 Å². The SMILES string of the molecule is Cc1onc(C(C)(C)C)c1C(=O)Nc1ccc(C(=O)N2CCN(C)CC2)cc1. The van der Waals surface area contributed by atoms with Crippen LogP contribution in [0.15, 0.2) is 28.8 Å². The largest absolute Gasteiger partial charge is 0.361 e. The molecule has 28 heavy (non-hydrogen) atoms. The number of nitrogens with one attached hydrogen (secondary N) is 1. The highest BCUT2D eigenvalue weighted by atomic mass is 16.5. The fourth-order valence-corrected chi connectivity index (χ4v) is 3.23. The molecule has 1 aromatic carbocycles. The third-order valence-corrected chi connectivity index (χ3v) is 4.98. The summed E-state index contributed by atoms with van der Waals surface area (Å²) in [5, 5.41) is 6.93. The second-order valence-corrected chi connectivity index (χ2v) is 8.34. The van der Waals surface area contributed by atoms with E-state index in [-0.39, 0.29) is 17.2 Å². The van der Waals surface area contributed by atoms with Crippen molar-refractivity contribution in [3.8, 4) is 0 Å². The molecule has 0 atom stereocenters. The van der Waals surface area contributed by atoms with Crippen LogP contribution in [0.3, 0.4) is 0 Å². The van der Waals surface area contributed by atoms with Crippen LogP contribution in [0.2, 0.25) is 0 Å². The number of hydrogen-bond acceptors (Lipinski definition) is 5. The van der Waals surface area contributed by atoms with Gasteiger partial charge in [0.15, 0.2) is 0 Å². The molecule has 150 valence electrons. The summed E-state index contributed by atoms with van der Waals surface area (Å²) < 4.78 is 5.24. The van der Waals surface area contributed by atoms with Gasteiger partial charge in [0.1, 0.15) is 17.0 Å². The van der Waals surface area contributed by atoms with Crippen molar-refractivity contribution in [2.45, 2.75) is 33.1 Å². The molecule has 1 aliphatic heterocycles. The maximum Gasteiger partial charge on any atom is 0.261 e. The summed E-state index contributed by atoms with van der Waals surface area (Å²) in [5.41, 5.74) is 2.04. The van der Waals surface area contributed by atoms with Crippen LogP contribution in [0.1, 0.15) is 52.9 Å². The van der Waals surface area contributed by atoms with E-state index in [9.17, 15) is 9.59 Å². The van der Waals surface area contributed by atoms with E-state index < -0.39 is 0 Å². The van der Waals surface area contributed by atoms with Crippen LogP contribution in [0.5, 0.6) is 0 Å². The van der Waals surface area contributed by atoms with Crippen LogP contribution >= 0.6 is 0 Å². The number of anilines is 1. The first-order valence-electron chi connectivity index (χ1n) is 9.53. The molecule has 0 bridgehead atoms. The van der Waals surface area contributed by atoms with E-state index in [1.807, 2.05) is 25.7 Å². The van der Waals surface area contributed by atoms with E-state index in [4.69, 9.17) is 4.52 Å². The minimum absolute atomic E-state index is 0.0240. The lowest BCUT2D eigenvalue weighted by Gasteiger charge is -2.32. The summed E-state index contributed by atoms with van der Waals surface area (Å²) in [7, 11) is 2.06. The van der Waals surface area contributed by atoms with Gasteiger partial charge >= 0.3 is 0 Å². The number of nitrogens with zero attached hydrogens (tertiary/aromatic N) is 3. The molecule has 1 aromatic heterocycles. The first-order valence-corrected chi connectivity index (χ1v) is 9.53. The zero-order valence-electron chi connectivity index (χ0n) is 17.2. The predicted octanol–water partition coefficient (Wildman–Crippen LogP) is 2.92. The summed E-state index contributed by atoms with van der Waals surface area (Å²) in [6.07, 6.45) is 0. The highest BCUT2D eigenvalue weighted by molar-refractivity contribution is 6.06. The first kappa shape index (κ1) is 20.1. The molecular formula is C21H28N4O3.